The van der Waals surface area contributed by atoms with Crippen molar-refractivity contribution in [3.8, 4) is 5.75 Å². The van der Waals surface area contributed by atoms with Crippen LogP contribution in [-0.2, 0) is 29.3 Å². The highest BCUT2D eigenvalue weighted by Gasteiger charge is 2.66. The van der Waals surface area contributed by atoms with Gasteiger partial charge in [0, 0.05) is 29.4 Å². The van der Waals surface area contributed by atoms with Crippen LogP contribution in [0.3, 0.4) is 0 Å². The largest absolute Gasteiger partial charge is 0.508 e. The van der Waals surface area contributed by atoms with Crippen LogP contribution in [0.2, 0.25) is 0 Å². The topological polar surface area (TPSA) is 184 Å². The molecule has 4 aliphatic carbocycles. The van der Waals surface area contributed by atoms with Crippen LogP contribution in [0.5, 0.6) is 5.75 Å². The number of hydrogen-bond acceptors (Lipinski definition) is 9. The lowest BCUT2D eigenvalue weighted by Crippen LogP contribution is -2.64. The summed E-state index contributed by atoms with van der Waals surface area (Å²) in [6.07, 6.45) is 0.150. The van der Waals surface area contributed by atoms with E-state index < -0.39 is 81.8 Å². The Morgan fingerprint density at radius 2 is 1.74 bits per heavy atom. The van der Waals surface area contributed by atoms with Gasteiger partial charge in [-0.3, -0.25) is 19.2 Å². The van der Waals surface area contributed by atoms with Crippen molar-refractivity contribution >= 4 is 29.2 Å². The van der Waals surface area contributed by atoms with E-state index in [1.54, 1.807) is 19.1 Å². The molecule has 10 nitrogen and oxygen atoms in total. The molecule has 5 unspecified atom stereocenters. The van der Waals surface area contributed by atoms with Gasteiger partial charge in [0.15, 0.2) is 11.4 Å². The van der Waals surface area contributed by atoms with Crippen molar-refractivity contribution in [2.45, 2.75) is 76.4 Å². The molecule has 1 amide bonds. The summed E-state index contributed by atoms with van der Waals surface area (Å²) in [5.74, 6) is -9.45. The predicted octanol–water partition coefficient (Wildman–Crippen LogP) is 2.60. The Balaban J connectivity index is 1.77. The van der Waals surface area contributed by atoms with Gasteiger partial charge >= 0.3 is 5.97 Å². The number of ketones is 2. The maximum atomic E-state index is 14.0. The first-order valence-electron chi connectivity index (χ1n) is 13.2. The zero-order valence-electron chi connectivity index (χ0n) is 22.3. The third-order valence-corrected chi connectivity index (χ3v) is 8.97. The average Bonchev–Trinajstić information content (AvgIpc) is 2.79. The van der Waals surface area contributed by atoms with Gasteiger partial charge in [-0.2, -0.15) is 0 Å². The first-order chi connectivity index (χ1) is 18.1. The summed E-state index contributed by atoms with van der Waals surface area (Å²) in [6, 6.07) is 3.47. The smallest absolute Gasteiger partial charge is 0.309 e. The number of esters is 1. The fraction of sp³-hybridized carbons (Fsp3) is 0.517. The van der Waals surface area contributed by atoms with E-state index in [1.807, 2.05) is 20.8 Å². The van der Waals surface area contributed by atoms with Crippen molar-refractivity contribution in [3.63, 3.8) is 0 Å². The molecule has 1 aromatic rings. The Kier molecular flexibility index (Phi) is 5.99. The van der Waals surface area contributed by atoms with Gasteiger partial charge in [-0.1, -0.05) is 46.2 Å². The van der Waals surface area contributed by atoms with E-state index in [0.717, 1.165) is 6.42 Å². The SMILES string of the molecule is CC1c2ccc(C(C)(C)C)c(O)c2C(O)=C2C(=O)C3(O)C(O)=C(C(N)=O)C(=O)CC3C(OC(=O)C3CCC3)C21. The highest BCUT2D eigenvalue weighted by molar-refractivity contribution is 6.23. The molecule has 208 valence electrons. The van der Waals surface area contributed by atoms with Gasteiger partial charge in [0.2, 0.25) is 5.78 Å². The fourth-order valence-electron chi connectivity index (χ4n) is 6.60. The lowest BCUT2D eigenvalue weighted by atomic mass is 9.55. The van der Waals surface area contributed by atoms with Gasteiger partial charge in [0.1, 0.15) is 28.9 Å². The molecule has 1 aromatic carbocycles. The van der Waals surface area contributed by atoms with Gasteiger partial charge in [-0.25, -0.2) is 0 Å². The number of rotatable bonds is 3. The summed E-state index contributed by atoms with van der Waals surface area (Å²) < 4.78 is 5.92. The molecule has 0 aromatic heterocycles. The number of aromatic hydroxyl groups is 1. The van der Waals surface area contributed by atoms with Gasteiger partial charge in [0.05, 0.1) is 11.5 Å². The molecular formula is C29H33NO9. The van der Waals surface area contributed by atoms with Crippen LogP contribution in [0.1, 0.15) is 76.0 Å². The van der Waals surface area contributed by atoms with Crippen LogP contribution in [0, 0.1) is 17.8 Å². The van der Waals surface area contributed by atoms with Crippen molar-refractivity contribution in [1.29, 1.82) is 0 Å². The molecule has 0 heterocycles. The first-order valence-corrected chi connectivity index (χ1v) is 13.2. The number of primary amides is 1. The van der Waals surface area contributed by atoms with E-state index in [0.29, 0.717) is 24.0 Å². The van der Waals surface area contributed by atoms with E-state index in [9.17, 15) is 39.6 Å². The van der Waals surface area contributed by atoms with Crippen LogP contribution in [0.25, 0.3) is 5.76 Å². The third kappa shape index (κ3) is 3.64. The van der Waals surface area contributed by atoms with E-state index in [-0.39, 0.29) is 22.8 Å². The molecule has 0 aliphatic heterocycles. The number of aliphatic hydroxyl groups excluding tert-OH is 2. The van der Waals surface area contributed by atoms with Gasteiger partial charge in [-0.15, -0.1) is 0 Å². The van der Waals surface area contributed by atoms with Crippen LogP contribution < -0.4 is 5.73 Å². The minimum Gasteiger partial charge on any atom is -0.508 e. The second-order valence-electron chi connectivity index (χ2n) is 12.2. The summed E-state index contributed by atoms with van der Waals surface area (Å²) in [5, 5.41) is 45.6. The molecule has 0 radical (unpaired) electrons. The first kappa shape index (κ1) is 26.9. The Morgan fingerprint density at radius 1 is 1.10 bits per heavy atom. The molecule has 4 aliphatic rings. The van der Waals surface area contributed by atoms with Gasteiger partial charge in [0.25, 0.3) is 5.91 Å². The van der Waals surface area contributed by atoms with Crippen LogP contribution in [0.15, 0.2) is 29.0 Å². The number of Topliss-reactive ketones (excluding diaryl/α,β-unsaturated/α-hetero) is 2. The number of amides is 1. The van der Waals surface area contributed by atoms with Crippen LogP contribution >= 0.6 is 0 Å². The molecule has 2 saturated carbocycles. The summed E-state index contributed by atoms with van der Waals surface area (Å²) >= 11 is 0. The summed E-state index contributed by atoms with van der Waals surface area (Å²) in [7, 11) is 0. The highest BCUT2D eigenvalue weighted by atomic mass is 16.5. The number of phenolic OH excluding ortho intramolecular Hbond substituents is 1. The van der Waals surface area contributed by atoms with Crippen molar-refractivity contribution in [2.75, 3.05) is 0 Å². The predicted molar refractivity (Wildman–Crippen MR) is 137 cm³/mol. The Morgan fingerprint density at radius 3 is 2.28 bits per heavy atom. The number of aliphatic hydroxyl groups is 3. The van der Waals surface area contributed by atoms with Gasteiger partial charge in [-0.05, 0) is 29.7 Å². The molecule has 0 bridgehead atoms. The second kappa shape index (κ2) is 8.67. The number of fused-ring (bicyclic) bond motifs is 3. The fourth-order valence-corrected chi connectivity index (χ4v) is 6.60. The molecule has 39 heavy (non-hydrogen) atoms. The van der Waals surface area contributed by atoms with Crippen molar-refractivity contribution in [1.82, 2.24) is 0 Å². The summed E-state index contributed by atoms with van der Waals surface area (Å²) in [6.45, 7) is 7.35. The van der Waals surface area contributed by atoms with Crippen molar-refractivity contribution < 1.29 is 44.3 Å². The van der Waals surface area contributed by atoms with E-state index in [2.05, 4.69) is 0 Å². The lowest BCUT2D eigenvalue weighted by molar-refractivity contribution is -0.183. The maximum absolute atomic E-state index is 14.0. The number of ether oxygens (including phenoxy) is 1. The lowest BCUT2D eigenvalue weighted by Gasteiger charge is -2.51. The Labute approximate surface area is 225 Å². The highest BCUT2D eigenvalue weighted by Crippen LogP contribution is 2.57. The quantitative estimate of drug-likeness (QED) is 0.284. The number of carbonyl (C=O) groups is 4. The zero-order valence-corrected chi connectivity index (χ0v) is 22.3. The van der Waals surface area contributed by atoms with Crippen LogP contribution in [0.4, 0.5) is 0 Å². The Hall–Kier alpha value is -3.66. The third-order valence-electron chi connectivity index (χ3n) is 8.97. The zero-order chi connectivity index (χ0) is 28.8. The molecule has 2 fully saturated rings. The number of benzene rings is 1. The van der Waals surface area contributed by atoms with E-state index in [4.69, 9.17) is 10.5 Å². The molecule has 5 rings (SSSR count). The molecule has 0 saturated heterocycles. The number of phenols is 1. The van der Waals surface area contributed by atoms with Gasteiger partial charge < -0.3 is 30.9 Å². The number of carbonyl (C=O) groups excluding carboxylic acids is 4. The van der Waals surface area contributed by atoms with Crippen molar-refractivity contribution in [2.24, 2.45) is 23.5 Å². The Bertz CT molecular complexity index is 1390. The maximum Gasteiger partial charge on any atom is 0.309 e. The molecule has 5 atom stereocenters. The van der Waals surface area contributed by atoms with E-state index >= 15 is 0 Å². The molecular weight excluding hydrogens is 506 g/mol. The summed E-state index contributed by atoms with van der Waals surface area (Å²) in [5.41, 5.74) is 1.65. The molecule has 6 N–H and O–H groups in total. The normalized spacial score (nSPS) is 30.8. The monoisotopic (exact) mass is 539 g/mol. The number of nitrogens with two attached hydrogens (primary N) is 1. The average molecular weight is 540 g/mol. The minimum absolute atomic E-state index is 0.00567. The standard InChI is InChI=1S/C29H33NO9/c1-11-13-8-9-14(28(2,3)4)21(32)18(13)22(33)20-17(11)23(39-27(37)12-6-5-7-12)15-10-16(31)19(26(30)36)24(34)29(15,38)25(20)35/h8-9,11-12,15,17,23,32-34,38H,5-7,10H2,1-4H3,(H2,30,36). The molecule has 0 spiro atoms. The van der Waals surface area contributed by atoms with Crippen LogP contribution in [-0.4, -0.2) is 55.6 Å². The molecule has 10 heteroatoms. The van der Waals surface area contributed by atoms with Crippen molar-refractivity contribution in [3.05, 3.63) is 45.7 Å². The summed E-state index contributed by atoms with van der Waals surface area (Å²) in [4.78, 5) is 52.0. The number of hydrogen-bond donors (Lipinski definition) is 5. The van der Waals surface area contributed by atoms with E-state index in [1.165, 1.54) is 0 Å². The second-order valence-corrected chi connectivity index (χ2v) is 12.2. The minimum atomic E-state index is -2.86.